The van der Waals surface area contributed by atoms with Crippen molar-refractivity contribution in [2.45, 2.75) is 12.7 Å². The lowest BCUT2D eigenvalue weighted by molar-refractivity contribution is -0.137. The van der Waals surface area contributed by atoms with Gasteiger partial charge in [-0.05, 0) is 45.6 Å². The van der Waals surface area contributed by atoms with E-state index in [1.807, 2.05) is 11.4 Å². The summed E-state index contributed by atoms with van der Waals surface area (Å²) in [5.74, 6) is 0. The van der Waals surface area contributed by atoms with Gasteiger partial charge in [0.15, 0.2) is 0 Å². The Labute approximate surface area is 129 Å². The first-order valence-electron chi connectivity index (χ1n) is 5.20. The van der Waals surface area contributed by atoms with Crippen LogP contribution >= 0.6 is 43.2 Å². The molecule has 0 fully saturated rings. The number of halogens is 5. The summed E-state index contributed by atoms with van der Waals surface area (Å²) in [5, 5.41) is 4.91. The Bertz CT molecular complexity index is 581. The van der Waals surface area contributed by atoms with Gasteiger partial charge >= 0.3 is 6.18 Å². The van der Waals surface area contributed by atoms with Crippen molar-refractivity contribution in [3.05, 3.63) is 49.0 Å². The van der Waals surface area contributed by atoms with Gasteiger partial charge in [-0.25, -0.2) is 0 Å². The fraction of sp³-hybridized carbons (Fsp3) is 0.167. The molecule has 2 aromatic rings. The molecule has 0 saturated carbocycles. The second kappa shape index (κ2) is 5.85. The van der Waals surface area contributed by atoms with Crippen LogP contribution in [0.5, 0.6) is 0 Å². The highest BCUT2D eigenvalue weighted by Crippen LogP contribution is 2.33. The summed E-state index contributed by atoms with van der Waals surface area (Å²) in [4.78, 5) is 1.04. The normalized spacial score (nSPS) is 11.6. The van der Waals surface area contributed by atoms with Gasteiger partial charge in [0.1, 0.15) is 0 Å². The highest BCUT2D eigenvalue weighted by Gasteiger charge is 2.31. The van der Waals surface area contributed by atoms with Crippen LogP contribution in [0.3, 0.4) is 0 Å². The minimum Gasteiger partial charge on any atom is -0.380 e. The molecule has 102 valence electrons. The molecule has 1 aromatic carbocycles. The van der Waals surface area contributed by atoms with E-state index in [4.69, 9.17) is 0 Å². The Balaban J connectivity index is 2.17. The Morgan fingerprint density at radius 2 is 1.89 bits per heavy atom. The van der Waals surface area contributed by atoms with E-state index in [2.05, 4.69) is 37.2 Å². The van der Waals surface area contributed by atoms with Crippen LogP contribution in [0.15, 0.2) is 38.6 Å². The molecular formula is C12H8Br2F3NS. The molecule has 2 rings (SSSR count). The van der Waals surface area contributed by atoms with Gasteiger partial charge in [-0.3, -0.25) is 0 Å². The number of alkyl halides is 3. The van der Waals surface area contributed by atoms with Gasteiger partial charge in [0, 0.05) is 19.5 Å². The van der Waals surface area contributed by atoms with Crippen LogP contribution < -0.4 is 5.32 Å². The first kappa shape index (κ1) is 14.9. The molecule has 1 nitrogen and oxygen atoms in total. The Morgan fingerprint density at radius 3 is 2.47 bits per heavy atom. The molecule has 7 heteroatoms. The molecule has 0 aliphatic carbocycles. The first-order valence-corrected chi connectivity index (χ1v) is 7.66. The first-order chi connectivity index (χ1) is 8.86. The van der Waals surface area contributed by atoms with Gasteiger partial charge in [-0.15, -0.1) is 11.3 Å². The van der Waals surface area contributed by atoms with Crippen LogP contribution in [0, 0.1) is 0 Å². The molecule has 0 atom stereocenters. The minimum absolute atomic E-state index is 0.398. The fourth-order valence-corrected chi connectivity index (χ4v) is 3.41. The van der Waals surface area contributed by atoms with Crippen molar-refractivity contribution < 1.29 is 13.2 Å². The maximum absolute atomic E-state index is 12.7. The van der Waals surface area contributed by atoms with Crippen molar-refractivity contribution in [3.63, 3.8) is 0 Å². The summed E-state index contributed by atoms with van der Waals surface area (Å²) in [7, 11) is 0. The van der Waals surface area contributed by atoms with Crippen molar-refractivity contribution in [2.75, 3.05) is 5.32 Å². The summed E-state index contributed by atoms with van der Waals surface area (Å²) in [6.07, 6.45) is -4.34. The van der Waals surface area contributed by atoms with Crippen molar-refractivity contribution in [1.82, 2.24) is 0 Å². The molecule has 19 heavy (non-hydrogen) atoms. The summed E-state index contributed by atoms with van der Waals surface area (Å²) < 4.78 is 39.4. The third-order valence-corrected chi connectivity index (χ3v) is 4.75. The maximum Gasteiger partial charge on any atom is 0.416 e. The zero-order valence-electron chi connectivity index (χ0n) is 9.39. The lowest BCUT2D eigenvalue weighted by Gasteiger charge is -2.11. The van der Waals surface area contributed by atoms with Crippen molar-refractivity contribution >= 4 is 48.9 Å². The van der Waals surface area contributed by atoms with Crippen LogP contribution in [0.4, 0.5) is 18.9 Å². The molecule has 0 spiro atoms. The van der Waals surface area contributed by atoms with Crippen molar-refractivity contribution in [2.24, 2.45) is 0 Å². The van der Waals surface area contributed by atoms with Crippen LogP contribution in [-0.2, 0) is 12.7 Å². The fourth-order valence-electron chi connectivity index (χ4n) is 1.49. The standard InChI is InChI=1S/C12H8Br2F3NS/c13-8-3-7(12(15,16)17)4-9(5-8)18-6-11-10(14)1-2-19-11/h1-5,18H,6H2. The lowest BCUT2D eigenvalue weighted by Crippen LogP contribution is -2.06. The van der Waals surface area contributed by atoms with E-state index in [1.54, 1.807) is 6.07 Å². The zero-order valence-corrected chi connectivity index (χ0v) is 13.4. The highest BCUT2D eigenvalue weighted by molar-refractivity contribution is 9.10. The molecule has 0 amide bonds. The Morgan fingerprint density at radius 1 is 1.16 bits per heavy atom. The molecule has 1 N–H and O–H groups in total. The number of benzene rings is 1. The van der Waals surface area contributed by atoms with Crippen LogP contribution in [0.25, 0.3) is 0 Å². The SMILES string of the molecule is FC(F)(F)c1cc(Br)cc(NCc2sccc2Br)c1. The predicted octanol–water partition coefficient (Wildman–Crippen LogP) is 5.90. The van der Waals surface area contributed by atoms with E-state index >= 15 is 0 Å². The second-order valence-electron chi connectivity index (χ2n) is 3.77. The van der Waals surface area contributed by atoms with Crippen molar-refractivity contribution in [3.8, 4) is 0 Å². The average Bonchev–Trinajstić information content (AvgIpc) is 2.70. The number of rotatable bonds is 3. The van der Waals surface area contributed by atoms with Crippen LogP contribution in [0.1, 0.15) is 10.4 Å². The smallest absolute Gasteiger partial charge is 0.380 e. The number of hydrogen-bond donors (Lipinski definition) is 1. The summed E-state index contributed by atoms with van der Waals surface area (Å²) in [6, 6.07) is 5.69. The highest BCUT2D eigenvalue weighted by atomic mass is 79.9. The minimum atomic E-state index is -4.34. The predicted molar refractivity (Wildman–Crippen MR) is 78.5 cm³/mol. The number of nitrogens with one attached hydrogen (secondary N) is 1. The van der Waals surface area contributed by atoms with Gasteiger partial charge in [0.2, 0.25) is 0 Å². The number of hydrogen-bond acceptors (Lipinski definition) is 2. The number of anilines is 1. The third kappa shape index (κ3) is 3.97. The maximum atomic E-state index is 12.7. The Kier molecular flexibility index (Phi) is 4.58. The van der Waals surface area contributed by atoms with Gasteiger partial charge in [0.25, 0.3) is 0 Å². The molecule has 0 radical (unpaired) electrons. The van der Waals surface area contributed by atoms with E-state index < -0.39 is 11.7 Å². The topological polar surface area (TPSA) is 12.0 Å². The lowest BCUT2D eigenvalue weighted by atomic mass is 10.2. The molecule has 1 heterocycles. The van der Waals surface area contributed by atoms with Gasteiger partial charge in [-0.1, -0.05) is 15.9 Å². The van der Waals surface area contributed by atoms with Gasteiger partial charge < -0.3 is 5.32 Å². The average molecular weight is 415 g/mol. The Hall–Kier alpha value is -0.530. The quantitative estimate of drug-likeness (QED) is 0.658. The molecule has 0 aliphatic heterocycles. The zero-order chi connectivity index (χ0) is 14.0. The summed E-state index contributed by atoms with van der Waals surface area (Å²) in [6.45, 7) is 0.478. The van der Waals surface area contributed by atoms with Gasteiger partial charge in [0.05, 0.1) is 12.1 Å². The monoisotopic (exact) mass is 413 g/mol. The molecule has 0 unspecified atom stereocenters. The van der Waals surface area contributed by atoms with E-state index in [0.29, 0.717) is 16.7 Å². The van der Waals surface area contributed by atoms with Crippen LogP contribution in [-0.4, -0.2) is 0 Å². The second-order valence-corrected chi connectivity index (χ2v) is 6.54. The molecular weight excluding hydrogens is 407 g/mol. The van der Waals surface area contributed by atoms with E-state index in [9.17, 15) is 13.2 Å². The molecule has 0 saturated heterocycles. The molecule has 0 bridgehead atoms. The van der Waals surface area contributed by atoms with Crippen LogP contribution in [0.2, 0.25) is 0 Å². The third-order valence-electron chi connectivity index (χ3n) is 2.37. The number of thiophene rings is 1. The van der Waals surface area contributed by atoms with E-state index in [1.165, 1.54) is 11.3 Å². The summed E-state index contributed by atoms with van der Waals surface area (Å²) >= 11 is 8.01. The van der Waals surface area contributed by atoms with E-state index in [-0.39, 0.29) is 0 Å². The van der Waals surface area contributed by atoms with Gasteiger partial charge in [-0.2, -0.15) is 13.2 Å². The van der Waals surface area contributed by atoms with Crippen molar-refractivity contribution in [1.29, 1.82) is 0 Å². The molecule has 0 aliphatic rings. The largest absolute Gasteiger partial charge is 0.416 e. The summed E-state index contributed by atoms with van der Waals surface area (Å²) in [5.41, 5.74) is -0.239. The molecule has 1 aromatic heterocycles. The van der Waals surface area contributed by atoms with E-state index in [0.717, 1.165) is 21.5 Å².